The number of rotatable bonds is 3. The molecule has 0 unspecified atom stereocenters. The molecular weight excluding hydrogens is 354 g/mol. The highest BCUT2D eigenvalue weighted by Crippen LogP contribution is 2.37. The molecule has 0 fully saturated rings. The molecule has 0 bridgehead atoms. The highest BCUT2D eigenvalue weighted by atomic mass is 32.1. The van der Waals surface area contributed by atoms with Crippen molar-refractivity contribution in [2.75, 3.05) is 5.32 Å². The molecule has 0 saturated heterocycles. The van der Waals surface area contributed by atoms with Crippen LogP contribution in [0.25, 0.3) is 0 Å². The van der Waals surface area contributed by atoms with Gasteiger partial charge < -0.3 is 11.1 Å². The van der Waals surface area contributed by atoms with Crippen LogP contribution in [0.3, 0.4) is 0 Å². The molecule has 0 spiro atoms. The summed E-state index contributed by atoms with van der Waals surface area (Å²) in [5, 5.41) is 6.41. The van der Waals surface area contributed by atoms with E-state index in [0.29, 0.717) is 16.1 Å². The van der Waals surface area contributed by atoms with Crippen molar-refractivity contribution in [2.45, 2.75) is 32.1 Å². The second-order valence-corrected chi connectivity index (χ2v) is 7.42. The number of nitrogens with one attached hydrogen (secondary N) is 2. The van der Waals surface area contributed by atoms with Crippen LogP contribution >= 0.6 is 23.6 Å². The van der Waals surface area contributed by atoms with Gasteiger partial charge in [0.25, 0.3) is 11.8 Å². The summed E-state index contributed by atoms with van der Waals surface area (Å²) in [5.41, 5.74) is 7.67. The summed E-state index contributed by atoms with van der Waals surface area (Å²) >= 11 is 6.74. The first-order chi connectivity index (χ1) is 12.1. The number of benzene rings is 1. The normalized spacial score (nSPS) is 13.4. The topological polar surface area (TPSA) is 84.2 Å². The Kier molecular flexibility index (Phi) is 5.45. The Labute approximate surface area is 155 Å². The monoisotopic (exact) mass is 373 g/mol. The van der Waals surface area contributed by atoms with Gasteiger partial charge in [0.05, 0.1) is 5.56 Å². The van der Waals surface area contributed by atoms with Gasteiger partial charge in [0.2, 0.25) is 0 Å². The Morgan fingerprint density at radius 1 is 1.08 bits per heavy atom. The van der Waals surface area contributed by atoms with Crippen LogP contribution in [-0.2, 0) is 12.8 Å². The Bertz CT molecular complexity index is 815. The molecule has 1 aromatic heterocycles. The summed E-state index contributed by atoms with van der Waals surface area (Å²) in [6, 6.07) is 8.82. The van der Waals surface area contributed by atoms with Gasteiger partial charge in [-0.3, -0.25) is 14.9 Å². The first kappa shape index (κ1) is 17.6. The zero-order valence-electron chi connectivity index (χ0n) is 13.6. The number of hydrogen-bond donors (Lipinski definition) is 3. The molecule has 1 aliphatic rings. The van der Waals surface area contributed by atoms with Crippen LogP contribution in [0, 0.1) is 0 Å². The Balaban J connectivity index is 1.77. The summed E-state index contributed by atoms with van der Waals surface area (Å²) in [4.78, 5) is 25.3. The molecule has 25 heavy (non-hydrogen) atoms. The molecule has 0 saturated carbocycles. The number of thiophene rings is 1. The maximum atomic E-state index is 12.2. The van der Waals surface area contributed by atoms with Gasteiger partial charge in [-0.1, -0.05) is 24.6 Å². The Hall–Kier alpha value is -2.25. The highest BCUT2D eigenvalue weighted by molar-refractivity contribution is 7.80. The van der Waals surface area contributed by atoms with E-state index in [2.05, 4.69) is 10.6 Å². The van der Waals surface area contributed by atoms with Gasteiger partial charge in [0.1, 0.15) is 5.00 Å². The number of carbonyl (C=O) groups excluding carboxylic acids is 2. The van der Waals surface area contributed by atoms with Gasteiger partial charge in [0, 0.05) is 10.4 Å². The fraction of sp³-hybridized carbons (Fsp3) is 0.278. The van der Waals surface area contributed by atoms with Gasteiger partial charge in [-0.05, 0) is 55.6 Å². The average molecular weight is 374 g/mol. The van der Waals surface area contributed by atoms with Gasteiger partial charge in [-0.15, -0.1) is 11.3 Å². The summed E-state index contributed by atoms with van der Waals surface area (Å²) in [5.74, 6) is -0.754. The predicted molar refractivity (Wildman–Crippen MR) is 104 cm³/mol. The Morgan fingerprint density at radius 3 is 2.52 bits per heavy atom. The van der Waals surface area contributed by atoms with Crippen molar-refractivity contribution in [1.82, 2.24) is 5.32 Å². The quantitative estimate of drug-likeness (QED) is 0.570. The molecular formula is C18H19N3O2S2. The number of fused-ring (bicyclic) bond motifs is 1. The molecule has 2 aromatic rings. The summed E-state index contributed by atoms with van der Waals surface area (Å²) < 4.78 is 0. The van der Waals surface area contributed by atoms with Crippen molar-refractivity contribution < 1.29 is 9.59 Å². The third-order valence-corrected chi connectivity index (χ3v) is 5.57. The molecule has 130 valence electrons. The van der Waals surface area contributed by atoms with E-state index in [-0.39, 0.29) is 11.0 Å². The molecule has 4 N–H and O–H groups in total. The van der Waals surface area contributed by atoms with E-state index in [9.17, 15) is 9.59 Å². The van der Waals surface area contributed by atoms with Crippen LogP contribution in [0.4, 0.5) is 5.00 Å². The standard InChI is InChI=1S/C18H19N3O2S2/c19-15(22)14-12-9-5-2-6-10-13(12)25-17(14)21-18(24)20-16(23)11-7-3-1-4-8-11/h1,3-4,7-8H,2,5-6,9-10H2,(H2,19,22)(H2,20,21,23,24). The highest BCUT2D eigenvalue weighted by Gasteiger charge is 2.24. The van der Waals surface area contributed by atoms with Crippen LogP contribution in [-0.4, -0.2) is 16.9 Å². The van der Waals surface area contributed by atoms with Crippen molar-refractivity contribution in [3.8, 4) is 0 Å². The number of carbonyl (C=O) groups is 2. The van der Waals surface area contributed by atoms with E-state index in [0.717, 1.165) is 37.7 Å². The molecule has 1 aromatic carbocycles. The van der Waals surface area contributed by atoms with Gasteiger partial charge in [-0.2, -0.15) is 0 Å². The SMILES string of the molecule is NC(=O)c1c(NC(=S)NC(=O)c2ccccc2)sc2c1CCCCC2. The van der Waals surface area contributed by atoms with Crippen molar-refractivity contribution in [2.24, 2.45) is 5.73 Å². The second-order valence-electron chi connectivity index (χ2n) is 5.91. The minimum atomic E-state index is -0.459. The minimum absolute atomic E-state index is 0.160. The molecule has 3 rings (SSSR count). The van der Waals surface area contributed by atoms with Gasteiger partial charge in [-0.25, -0.2) is 0 Å². The van der Waals surface area contributed by atoms with E-state index in [1.165, 1.54) is 16.2 Å². The first-order valence-corrected chi connectivity index (χ1v) is 9.40. The Morgan fingerprint density at radius 2 is 1.80 bits per heavy atom. The van der Waals surface area contributed by atoms with Crippen LogP contribution in [0.15, 0.2) is 30.3 Å². The van der Waals surface area contributed by atoms with E-state index in [1.54, 1.807) is 24.3 Å². The fourth-order valence-corrected chi connectivity index (χ4v) is 4.55. The lowest BCUT2D eigenvalue weighted by Gasteiger charge is -2.10. The molecule has 5 nitrogen and oxygen atoms in total. The van der Waals surface area contributed by atoms with Crippen molar-refractivity contribution >= 4 is 45.5 Å². The van der Waals surface area contributed by atoms with E-state index in [1.807, 2.05) is 6.07 Å². The maximum Gasteiger partial charge on any atom is 0.257 e. The zero-order valence-corrected chi connectivity index (χ0v) is 15.3. The van der Waals surface area contributed by atoms with Gasteiger partial charge in [0.15, 0.2) is 5.11 Å². The number of hydrogen-bond acceptors (Lipinski definition) is 4. The zero-order chi connectivity index (χ0) is 17.8. The van der Waals surface area contributed by atoms with Crippen LogP contribution < -0.4 is 16.4 Å². The molecule has 2 amide bonds. The number of primary amides is 1. The van der Waals surface area contributed by atoms with Crippen LogP contribution in [0.1, 0.15) is 50.4 Å². The van der Waals surface area contributed by atoms with Crippen molar-refractivity contribution in [3.63, 3.8) is 0 Å². The molecule has 0 atom stereocenters. The summed E-state index contributed by atoms with van der Waals surface area (Å²) in [6.45, 7) is 0. The summed E-state index contributed by atoms with van der Waals surface area (Å²) in [7, 11) is 0. The first-order valence-electron chi connectivity index (χ1n) is 8.18. The smallest absolute Gasteiger partial charge is 0.257 e. The average Bonchev–Trinajstić information content (AvgIpc) is 2.76. The second kappa shape index (κ2) is 7.76. The third kappa shape index (κ3) is 4.05. The maximum absolute atomic E-state index is 12.2. The van der Waals surface area contributed by atoms with Crippen LogP contribution in [0.2, 0.25) is 0 Å². The number of thiocarbonyl (C=S) groups is 1. The largest absolute Gasteiger partial charge is 0.365 e. The molecule has 7 heteroatoms. The lowest BCUT2D eigenvalue weighted by atomic mass is 10.1. The van der Waals surface area contributed by atoms with E-state index < -0.39 is 5.91 Å². The van der Waals surface area contributed by atoms with Crippen LogP contribution in [0.5, 0.6) is 0 Å². The molecule has 1 heterocycles. The minimum Gasteiger partial charge on any atom is -0.365 e. The molecule has 0 aliphatic heterocycles. The number of amides is 2. The number of nitrogens with two attached hydrogens (primary N) is 1. The van der Waals surface area contributed by atoms with Gasteiger partial charge >= 0.3 is 0 Å². The molecule has 1 aliphatic carbocycles. The lowest BCUT2D eigenvalue weighted by Crippen LogP contribution is -2.34. The van der Waals surface area contributed by atoms with Crippen molar-refractivity contribution in [1.29, 1.82) is 0 Å². The van der Waals surface area contributed by atoms with E-state index in [4.69, 9.17) is 18.0 Å². The van der Waals surface area contributed by atoms with Crippen molar-refractivity contribution in [3.05, 3.63) is 51.9 Å². The fourth-order valence-electron chi connectivity index (χ4n) is 2.99. The predicted octanol–water partition coefficient (Wildman–Crippen LogP) is 3.24. The third-order valence-electron chi connectivity index (χ3n) is 4.16. The number of aryl methyl sites for hydroxylation is 1. The van der Waals surface area contributed by atoms with E-state index >= 15 is 0 Å². The number of anilines is 1. The molecule has 0 radical (unpaired) electrons. The lowest BCUT2D eigenvalue weighted by molar-refractivity contribution is 0.0975. The summed E-state index contributed by atoms with van der Waals surface area (Å²) in [6.07, 6.45) is 5.13.